The van der Waals surface area contributed by atoms with Gasteiger partial charge in [0.15, 0.2) is 5.17 Å². The number of nitro groups is 1. The molecule has 1 N–H and O–H groups in total. The highest BCUT2D eigenvalue weighted by molar-refractivity contribution is 6.69. The first-order chi connectivity index (χ1) is 6.56. The van der Waals surface area contributed by atoms with Crippen LogP contribution >= 0.6 is 11.6 Å². The van der Waals surface area contributed by atoms with Crippen LogP contribution in [-0.4, -0.2) is 15.3 Å². The minimum absolute atomic E-state index is 0.0516. The van der Waals surface area contributed by atoms with Gasteiger partial charge in [-0.3, -0.25) is 10.1 Å². The van der Waals surface area contributed by atoms with Crippen LogP contribution in [0.5, 0.6) is 0 Å². The van der Waals surface area contributed by atoms with Crippen molar-refractivity contribution in [2.24, 2.45) is 5.16 Å². The number of nitrogens with zero attached hydrogens (tertiary/aromatic N) is 2. The fourth-order valence-corrected chi connectivity index (χ4v) is 1.11. The van der Waals surface area contributed by atoms with Crippen molar-refractivity contribution in [3.8, 4) is 0 Å². The fourth-order valence-electron chi connectivity index (χ4n) is 0.992. The molecule has 0 spiro atoms. The van der Waals surface area contributed by atoms with Gasteiger partial charge in [0.25, 0.3) is 5.69 Å². The van der Waals surface area contributed by atoms with Crippen LogP contribution in [0.15, 0.2) is 23.4 Å². The van der Waals surface area contributed by atoms with Crippen LogP contribution in [0.25, 0.3) is 0 Å². The summed E-state index contributed by atoms with van der Waals surface area (Å²) in [4.78, 5) is 10.0. The Balaban J connectivity index is 3.26. The molecule has 74 valence electrons. The summed E-state index contributed by atoms with van der Waals surface area (Å²) in [6.07, 6.45) is 0. The molecule has 0 saturated carbocycles. The predicted octanol–water partition coefficient (Wildman–Crippen LogP) is 2.28. The van der Waals surface area contributed by atoms with Gasteiger partial charge in [-0.15, -0.1) is 0 Å². The zero-order valence-electron chi connectivity index (χ0n) is 7.27. The van der Waals surface area contributed by atoms with Crippen molar-refractivity contribution in [2.75, 3.05) is 0 Å². The van der Waals surface area contributed by atoms with Gasteiger partial charge in [0.05, 0.1) is 4.92 Å². The lowest BCUT2D eigenvalue weighted by atomic mass is 10.1. The van der Waals surface area contributed by atoms with Gasteiger partial charge in [0, 0.05) is 17.2 Å². The highest BCUT2D eigenvalue weighted by atomic mass is 35.5. The van der Waals surface area contributed by atoms with Crippen molar-refractivity contribution < 1.29 is 10.1 Å². The topological polar surface area (TPSA) is 75.7 Å². The van der Waals surface area contributed by atoms with Gasteiger partial charge < -0.3 is 5.21 Å². The Morgan fingerprint density at radius 2 is 2.29 bits per heavy atom. The van der Waals surface area contributed by atoms with Crippen LogP contribution in [-0.2, 0) is 0 Å². The first-order valence-electron chi connectivity index (χ1n) is 3.69. The Hall–Kier alpha value is -1.62. The molecule has 0 aliphatic rings. The number of oxime groups is 1. The molecule has 0 saturated heterocycles. The zero-order valence-corrected chi connectivity index (χ0v) is 8.02. The summed E-state index contributed by atoms with van der Waals surface area (Å²) in [5.74, 6) is 0. The minimum atomic E-state index is -0.514. The first-order valence-corrected chi connectivity index (χ1v) is 4.07. The van der Waals surface area contributed by atoms with E-state index < -0.39 is 4.92 Å². The molecule has 0 unspecified atom stereocenters. The number of halogens is 1. The van der Waals surface area contributed by atoms with Crippen LogP contribution in [0.4, 0.5) is 5.69 Å². The van der Waals surface area contributed by atoms with E-state index in [0.717, 1.165) is 0 Å². The second-order valence-electron chi connectivity index (χ2n) is 2.65. The molecule has 5 nitrogen and oxygen atoms in total. The smallest absolute Gasteiger partial charge is 0.273 e. The maximum atomic E-state index is 10.5. The van der Waals surface area contributed by atoms with Crippen molar-refractivity contribution in [2.45, 2.75) is 6.92 Å². The van der Waals surface area contributed by atoms with E-state index in [1.165, 1.54) is 6.07 Å². The number of benzene rings is 1. The lowest BCUT2D eigenvalue weighted by molar-refractivity contribution is -0.385. The third-order valence-corrected chi connectivity index (χ3v) is 2.03. The molecule has 0 atom stereocenters. The average molecular weight is 215 g/mol. The first kappa shape index (κ1) is 10.5. The lowest BCUT2D eigenvalue weighted by Crippen LogP contribution is -1.96. The Labute approximate surface area is 84.8 Å². The largest absolute Gasteiger partial charge is 0.410 e. The minimum Gasteiger partial charge on any atom is -0.410 e. The van der Waals surface area contributed by atoms with Crippen LogP contribution in [0.1, 0.15) is 11.1 Å². The number of aryl methyl sites for hydroxylation is 1. The quantitative estimate of drug-likeness (QED) is 0.355. The van der Waals surface area contributed by atoms with Gasteiger partial charge in [-0.25, -0.2) is 0 Å². The summed E-state index contributed by atoms with van der Waals surface area (Å²) in [6, 6.07) is 4.35. The average Bonchev–Trinajstić information content (AvgIpc) is 2.17. The number of rotatable bonds is 2. The van der Waals surface area contributed by atoms with Crippen molar-refractivity contribution in [3.63, 3.8) is 0 Å². The van der Waals surface area contributed by atoms with E-state index >= 15 is 0 Å². The molecule has 1 aromatic rings. The monoisotopic (exact) mass is 214 g/mol. The van der Waals surface area contributed by atoms with Crippen LogP contribution < -0.4 is 0 Å². The van der Waals surface area contributed by atoms with Gasteiger partial charge in [0.2, 0.25) is 0 Å². The molecule has 14 heavy (non-hydrogen) atoms. The van der Waals surface area contributed by atoms with E-state index in [2.05, 4.69) is 5.16 Å². The molecule has 0 amide bonds. The number of hydrogen-bond donors (Lipinski definition) is 1. The van der Waals surface area contributed by atoms with Gasteiger partial charge >= 0.3 is 0 Å². The summed E-state index contributed by atoms with van der Waals surface area (Å²) in [5.41, 5.74) is 0.789. The standard InChI is InChI=1S/C8H7ClN2O3/c1-5-2-3-6(8(9)10-12)4-7(5)11(13)14/h2-4,12H,1H3. The van der Waals surface area contributed by atoms with Gasteiger partial charge in [-0.1, -0.05) is 28.9 Å². The molecular weight excluding hydrogens is 208 g/mol. The van der Waals surface area contributed by atoms with E-state index in [-0.39, 0.29) is 10.9 Å². The molecule has 6 heteroatoms. The van der Waals surface area contributed by atoms with E-state index in [1.807, 2.05) is 0 Å². The van der Waals surface area contributed by atoms with Gasteiger partial charge in [-0.05, 0) is 6.92 Å². The summed E-state index contributed by atoms with van der Waals surface area (Å²) < 4.78 is 0. The highest BCUT2D eigenvalue weighted by Crippen LogP contribution is 2.20. The van der Waals surface area contributed by atoms with Crippen molar-refractivity contribution in [1.82, 2.24) is 0 Å². The third kappa shape index (κ3) is 2.00. The predicted molar refractivity (Wildman–Crippen MR) is 52.0 cm³/mol. The maximum Gasteiger partial charge on any atom is 0.273 e. The SMILES string of the molecule is Cc1ccc(C(Cl)=NO)cc1[N+](=O)[O-]. The zero-order chi connectivity index (χ0) is 10.7. The normalized spacial score (nSPS) is 11.4. The molecular formula is C8H7ClN2O3. The Kier molecular flexibility index (Phi) is 3.03. The van der Waals surface area contributed by atoms with Crippen molar-refractivity contribution in [3.05, 3.63) is 39.4 Å². The Morgan fingerprint density at radius 3 is 2.79 bits per heavy atom. The Morgan fingerprint density at radius 1 is 1.64 bits per heavy atom. The highest BCUT2D eigenvalue weighted by Gasteiger charge is 2.12. The van der Waals surface area contributed by atoms with E-state index in [0.29, 0.717) is 11.1 Å². The lowest BCUT2D eigenvalue weighted by Gasteiger charge is -1.99. The molecule has 0 fully saturated rings. The summed E-state index contributed by atoms with van der Waals surface area (Å²) in [6.45, 7) is 1.62. The van der Waals surface area contributed by atoms with Crippen molar-refractivity contribution in [1.29, 1.82) is 0 Å². The number of nitro benzene ring substituents is 1. The molecule has 1 rings (SSSR count). The van der Waals surface area contributed by atoms with E-state index in [4.69, 9.17) is 16.8 Å². The number of hydrogen-bond acceptors (Lipinski definition) is 4. The fraction of sp³-hybridized carbons (Fsp3) is 0.125. The van der Waals surface area contributed by atoms with E-state index in [9.17, 15) is 10.1 Å². The van der Waals surface area contributed by atoms with Crippen LogP contribution in [0.2, 0.25) is 0 Å². The van der Waals surface area contributed by atoms with Gasteiger partial charge in [0.1, 0.15) is 0 Å². The Bertz CT molecular complexity index is 404. The molecule has 0 aliphatic heterocycles. The van der Waals surface area contributed by atoms with Crippen molar-refractivity contribution >= 4 is 22.5 Å². The molecule has 0 aliphatic carbocycles. The maximum absolute atomic E-state index is 10.5. The summed E-state index contributed by atoms with van der Waals surface area (Å²) in [7, 11) is 0. The summed E-state index contributed by atoms with van der Waals surface area (Å²) in [5, 5.41) is 21.5. The molecule has 0 radical (unpaired) electrons. The molecule has 1 aromatic carbocycles. The van der Waals surface area contributed by atoms with Crippen LogP contribution in [0, 0.1) is 17.0 Å². The van der Waals surface area contributed by atoms with E-state index in [1.54, 1.807) is 19.1 Å². The molecule has 0 heterocycles. The second kappa shape index (κ2) is 4.06. The van der Waals surface area contributed by atoms with Crippen LogP contribution in [0.3, 0.4) is 0 Å². The third-order valence-electron chi connectivity index (χ3n) is 1.73. The molecule has 0 aromatic heterocycles. The summed E-state index contributed by atoms with van der Waals surface area (Å²) >= 11 is 5.50. The van der Waals surface area contributed by atoms with Gasteiger partial charge in [-0.2, -0.15) is 0 Å². The molecule has 0 bridgehead atoms. The second-order valence-corrected chi connectivity index (χ2v) is 3.01.